The zero-order valence-corrected chi connectivity index (χ0v) is 21.1. The van der Waals surface area contributed by atoms with Crippen LogP contribution < -0.4 is 0 Å². The second-order valence-corrected chi connectivity index (χ2v) is 9.53. The largest absolute Gasteiger partial charge is 0.327 e. The van der Waals surface area contributed by atoms with E-state index in [0.29, 0.717) is 0 Å². The van der Waals surface area contributed by atoms with Crippen molar-refractivity contribution < 1.29 is 0 Å². The summed E-state index contributed by atoms with van der Waals surface area (Å²) in [6.07, 6.45) is 2.00. The van der Waals surface area contributed by atoms with Crippen molar-refractivity contribution in [2.75, 3.05) is 0 Å². The standard InChI is InChI=1S/C32H30N4/c1-4-12-30-34-31-22(2)19-25(32-33-27-17-10-11-18-28(27)35(32)3)20-29(31)36(30)21-24-15-8-9-16-26(24)23-13-6-5-7-14-23/h5-11,13-20H,4,12,21H2,1-3H3. The van der Waals surface area contributed by atoms with Crippen LogP contribution in [0, 0.1) is 6.92 Å². The van der Waals surface area contributed by atoms with Crippen molar-refractivity contribution in [1.29, 1.82) is 0 Å². The molecule has 0 aliphatic heterocycles. The zero-order valence-electron chi connectivity index (χ0n) is 21.1. The highest BCUT2D eigenvalue weighted by Crippen LogP contribution is 2.32. The maximum atomic E-state index is 5.14. The van der Waals surface area contributed by atoms with Gasteiger partial charge in [-0.1, -0.05) is 73.7 Å². The van der Waals surface area contributed by atoms with Gasteiger partial charge in [0, 0.05) is 25.6 Å². The molecule has 4 nitrogen and oxygen atoms in total. The van der Waals surface area contributed by atoms with Crippen molar-refractivity contribution in [3.05, 3.63) is 108 Å². The molecule has 0 bridgehead atoms. The Kier molecular flexibility index (Phi) is 5.65. The number of aromatic nitrogens is 4. The SMILES string of the molecule is CCCc1nc2c(C)cc(-c3nc4ccccc4n3C)cc2n1Cc1ccccc1-c1ccccc1. The Bertz CT molecular complexity index is 1690. The van der Waals surface area contributed by atoms with Crippen LogP contribution in [0.4, 0.5) is 0 Å². The lowest BCUT2D eigenvalue weighted by atomic mass is 9.99. The molecule has 4 aromatic carbocycles. The normalized spacial score (nSPS) is 11.5. The highest BCUT2D eigenvalue weighted by molar-refractivity contribution is 5.87. The van der Waals surface area contributed by atoms with E-state index in [-0.39, 0.29) is 0 Å². The van der Waals surface area contributed by atoms with E-state index in [2.05, 4.69) is 115 Å². The molecule has 178 valence electrons. The monoisotopic (exact) mass is 470 g/mol. The highest BCUT2D eigenvalue weighted by atomic mass is 15.1. The van der Waals surface area contributed by atoms with E-state index in [1.54, 1.807) is 0 Å². The van der Waals surface area contributed by atoms with Crippen LogP contribution in [0.25, 0.3) is 44.6 Å². The van der Waals surface area contributed by atoms with Gasteiger partial charge in [-0.15, -0.1) is 0 Å². The van der Waals surface area contributed by atoms with Gasteiger partial charge >= 0.3 is 0 Å². The summed E-state index contributed by atoms with van der Waals surface area (Å²) < 4.78 is 4.61. The predicted molar refractivity (Wildman–Crippen MR) is 149 cm³/mol. The van der Waals surface area contributed by atoms with E-state index in [9.17, 15) is 0 Å². The molecule has 0 spiro atoms. The third-order valence-corrected chi connectivity index (χ3v) is 7.07. The van der Waals surface area contributed by atoms with Crippen molar-refractivity contribution >= 4 is 22.1 Å². The molecule has 0 radical (unpaired) electrons. The van der Waals surface area contributed by atoms with Gasteiger partial charge in [0.2, 0.25) is 0 Å². The number of para-hydroxylation sites is 2. The van der Waals surface area contributed by atoms with Gasteiger partial charge in [0.15, 0.2) is 0 Å². The Morgan fingerprint density at radius 3 is 2.31 bits per heavy atom. The van der Waals surface area contributed by atoms with Crippen LogP contribution >= 0.6 is 0 Å². The molecule has 0 unspecified atom stereocenters. The summed E-state index contributed by atoms with van der Waals surface area (Å²) in [5.74, 6) is 2.12. The third kappa shape index (κ3) is 3.79. The lowest BCUT2D eigenvalue weighted by Gasteiger charge is -2.14. The second-order valence-electron chi connectivity index (χ2n) is 9.53. The summed E-state index contributed by atoms with van der Waals surface area (Å²) >= 11 is 0. The van der Waals surface area contributed by atoms with Crippen LogP contribution in [0.15, 0.2) is 91.0 Å². The fraction of sp³-hybridized carbons (Fsp3) is 0.188. The number of nitrogens with zero attached hydrogens (tertiary/aromatic N) is 4. The number of benzene rings is 4. The molecule has 4 heteroatoms. The number of rotatable bonds is 6. The van der Waals surface area contributed by atoms with Crippen LogP contribution in [0.2, 0.25) is 0 Å². The van der Waals surface area contributed by atoms with Crippen molar-refractivity contribution in [3.8, 4) is 22.5 Å². The Morgan fingerprint density at radius 2 is 1.50 bits per heavy atom. The summed E-state index contributed by atoms with van der Waals surface area (Å²) in [5.41, 5.74) is 10.5. The molecule has 0 saturated carbocycles. The molecule has 0 N–H and O–H groups in total. The molecule has 0 atom stereocenters. The first-order valence-corrected chi connectivity index (χ1v) is 12.7. The van der Waals surface area contributed by atoms with E-state index < -0.39 is 0 Å². The quantitative estimate of drug-likeness (QED) is 0.252. The summed E-state index contributed by atoms with van der Waals surface area (Å²) in [5, 5.41) is 0. The first kappa shape index (κ1) is 22.3. The second kappa shape index (κ2) is 9.12. The molecule has 0 aliphatic rings. The minimum absolute atomic E-state index is 0.780. The van der Waals surface area contributed by atoms with Crippen molar-refractivity contribution in [2.24, 2.45) is 7.05 Å². The first-order valence-electron chi connectivity index (χ1n) is 12.7. The summed E-state index contributed by atoms with van der Waals surface area (Å²) in [4.78, 5) is 10.1. The average molecular weight is 471 g/mol. The van der Waals surface area contributed by atoms with Gasteiger partial charge < -0.3 is 9.13 Å². The molecular formula is C32H30N4. The fourth-order valence-electron chi connectivity index (χ4n) is 5.29. The number of hydrogen-bond acceptors (Lipinski definition) is 2. The summed E-state index contributed by atoms with van der Waals surface area (Å²) in [6, 6.07) is 32.2. The predicted octanol–water partition coefficient (Wildman–Crippen LogP) is 7.57. The van der Waals surface area contributed by atoms with Crippen LogP contribution in [0.5, 0.6) is 0 Å². The Balaban J connectivity index is 1.53. The van der Waals surface area contributed by atoms with Gasteiger partial charge in [-0.2, -0.15) is 0 Å². The van der Waals surface area contributed by atoms with E-state index in [1.807, 2.05) is 6.07 Å². The average Bonchev–Trinajstić information content (AvgIpc) is 3.43. The minimum Gasteiger partial charge on any atom is -0.327 e. The maximum Gasteiger partial charge on any atom is 0.140 e. The van der Waals surface area contributed by atoms with Crippen LogP contribution in [-0.4, -0.2) is 19.1 Å². The number of aryl methyl sites for hydroxylation is 3. The third-order valence-electron chi connectivity index (χ3n) is 7.07. The van der Waals surface area contributed by atoms with E-state index in [1.165, 1.54) is 27.8 Å². The molecule has 0 fully saturated rings. The Labute approximate surface area is 211 Å². The number of fused-ring (bicyclic) bond motifs is 2. The fourth-order valence-corrected chi connectivity index (χ4v) is 5.29. The Hall–Kier alpha value is -4.18. The van der Waals surface area contributed by atoms with E-state index in [4.69, 9.17) is 9.97 Å². The van der Waals surface area contributed by atoms with Gasteiger partial charge in [-0.05, 0) is 59.9 Å². The topological polar surface area (TPSA) is 35.6 Å². The van der Waals surface area contributed by atoms with Crippen molar-refractivity contribution in [1.82, 2.24) is 19.1 Å². The van der Waals surface area contributed by atoms with Gasteiger partial charge in [0.25, 0.3) is 0 Å². The summed E-state index contributed by atoms with van der Waals surface area (Å²) in [6.45, 7) is 5.17. The molecule has 6 rings (SSSR count). The van der Waals surface area contributed by atoms with Gasteiger partial charge in [0.1, 0.15) is 11.6 Å². The van der Waals surface area contributed by atoms with E-state index >= 15 is 0 Å². The van der Waals surface area contributed by atoms with Gasteiger partial charge in [0.05, 0.1) is 22.1 Å². The Morgan fingerprint density at radius 1 is 0.750 bits per heavy atom. The number of hydrogen-bond donors (Lipinski definition) is 0. The molecule has 36 heavy (non-hydrogen) atoms. The molecule has 2 aromatic heterocycles. The van der Waals surface area contributed by atoms with E-state index in [0.717, 1.165) is 53.1 Å². The molecule has 0 saturated heterocycles. The molecular weight excluding hydrogens is 440 g/mol. The lowest BCUT2D eigenvalue weighted by molar-refractivity contribution is 0.722. The van der Waals surface area contributed by atoms with Crippen LogP contribution in [-0.2, 0) is 20.0 Å². The molecule has 0 aliphatic carbocycles. The molecule has 6 aromatic rings. The molecule has 2 heterocycles. The van der Waals surface area contributed by atoms with Gasteiger partial charge in [-0.25, -0.2) is 9.97 Å². The first-order chi connectivity index (χ1) is 17.6. The summed E-state index contributed by atoms with van der Waals surface area (Å²) in [7, 11) is 2.10. The lowest BCUT2D eigenvalue weighted by Crippen LogP contribution is -2.06. The van der Waals surface area contributed by atoms with Gasteiger partial charge in [-0.3, -0.25) is 0 Å². The van der Waals surface area contributed by atoms with Crippen molar-refractivity contribution in [2.45, 2.75) is 33.2 Å². The number of imidazole rings is 2. The highest BCUT2D eigenvalue weighted by Gasteiger charge is 2.18. The van der Waals surface area contributed by atoms with Crippen molar-refractivity contribution in [3.63, 3.8) is 0 Å². The van der Waals surface area contributed by atoms with Crippen LogP contribution in [0.1, 0.15) is 30.3 Å². The molecule has 0 amide bonds. The maximum absolute atomic E-state index is 5.14. The minimum atomic E-state index is 0.780. The zero-order chi connectivity index (χ0) is 24.6. The smallest absolute Gasteiger partial charge is 0.140 e. The van der Waals surface area contributed by atoms with Crippen LogP contribution in [0.3, 0.4) is 0 Å².